The molecule has 1 rings (SSSR count). The van der Waals surface area contributed by atoms with Crippen molar-refractivity contribution < 1.29 is 5.11 Å². The van der Waals surface area contributed by atoms with Crippen LogP contribution in [0.3, 0.4) is 0 Å². The fraction of sp³-hybridized carbons (Fsp3) is 0.857. The molecule has 0 aromatic rings. The molecule has 0 saturated heterocycles. The highest BCUT2D eigenvalue weighted by atomic mass is 16.3. The lowest BCUT2D eigenvalue weighted by Crippen LogP contribution is -2.38. The normalized spacial score (nSPS) is 22.7. The molecule has 1 aliphatic carbocycles. The summed E-state index contributed by atoms with van der Waals surface area (Å²) in [4.78, 5) is 0. The van der Waals surface area contributed by atoms with Crippen molar-refractivity contribution in [2.45, 2.75) is 65.4 Å². The summed E-state index contributed by atoms with van der Waals surface area (Å²) >= 11 is 0. The Hall–Kier alpha value is -0.480. The van der Waals surface area contributed by atoms with Gasteiger partial charge < -0.3 is 5.11 Å². The summed E-state index contributed by atoms with van der Waals surface area (Å²) in [6.07, 6.45) is 6.39. The average Bonchev–Trinajstić information content (AvgIpc) is 2.15. The zero-order valence-electron chi connectivity index (χ0n) is 10.6. The molecule has 0 bridgehead atoms. The Bertz CT molecular complexity index is 253. The summed E-state index contributed by atoms with van der Waals surface area (Å²) in [6.45, 7) is 7.91. The third kappa shape index (κ3) is 3.54. The molecular formula is C14H24O. The van der Waals surface area contributed by atoms with Crippen molar-refractivity contribution >= 4 is 0 Å². The van der Waals surface area contributed by atoms with E-state index in [4.69, 9.17) is 0 Å². The zero-order chi connectivity index (χ0) is 11.5. The number of hydrogen-bond acceptors (Lipinski definition) is 1. The van der Waals surface area contributed by atoms with Gasteiger partial charge in [0.25, 0.3) is 0 Å². The number of rotatable bonds is 0. The molecule has 1 fully saturated rings. The fourth-order valence-corrected chi connectivity index (χ4v) is 1.68. The van der Waals surface area contributed by atoms with Crippen molar-refractivity contribution in [1.29, 1.82) is 0 Å². The van der Waals surface area contributed by atoms with Gasteiger partial charge in [-0.25, -0.2) is 0 Å². The molecule has 1 saturated carbocycles. The van der Waals surface area contributed by atoms with Crippen LogP contribution in [0.25, 0.3) is 0 Å². The van der Waals surface area contributed by atoms with E-state index in [9.17, 15) is 5.11 Å². The highest BCUT2D eigenvalue weighted by Gasteiger charge is 2.33. The molecule has 1 atom stereocenters. The molecule has 0 aromatic heterocycles. The Morgan fingerprint density at radius 3 is 2.00 bits per heavy atom. The van der Waals surface area contributed by atoms with Gasteiger partial charge in [-0.1, -0.05) is 51.9 Å². The fourth-order valence-electron chi connectivity index (χ4n) is 1.68. The van der Waals surface area contributed by atoms with E-state index in [1.54, 1.807) is 0 Å². The SMILES string of the molecule is CC(C)(C)C(C)(O)C#CC1CCCCC1. The molecular weight excluding hydrogens is 184 g/mol. The molecule has 1 aliphatic rings. The quantitative estimate of drug-likeness (QED) is 0.605. The molecule has 1 unspecified atom stereocenters. The lowest BCUT2D eigenvalue weighted by atomic mass is 9.77. The van der Waals surface area contributed by atoms with Crippen LogP contribution < -0.4 is 0 Å². The molecule has 0 aliphatic heterocycles. The van der Waals surface area contributed by atoms with E-state index in [2.05, 4.69) is 11.8 Å². The first-order valence-corrected chi connectivity index (χ1v) is 6.08. The van der Waals surface area contributed by atoms with Crippen molar-refractivity contribution in [3.05, 3.63) is 0 Å². The summed E-state index contributed by atoms with van der Waals surface area (Å²) < 4.78 is 0. The van der Waals surface area contributed by atoms with Gasteiger partial charge in [-0.15, -0.1) is 0 Å². The molecule has 0 aromatic carbocycles. The number of hydrogen-bond donors (Lipinski definition) is 1. The largest absolute Gasteiger partial charge is 0.377 e. The van der Waals surface area contributed by atoms with E-state index < -0.39 is 5.60 Å². The van der Waals surface area contributed by atoms with E-state index in [1.165, 1.54) is 32.1 Å². The van der Waals surface area contributed by atoms with Crippen LogP contribution in [0, 0.1) is 23.2 Å². The lowest BCUT2D eigenvalue weighted by molar-refractivity contribution is 0.0126. The van der Waals surface area contributed by atoms with Gasteiger partial charge in [0.2, 0.25) is 0 Å². The third-order valence-electron chi connectivity index (χ3n) is 3.59. The van der Waals surface area contributed by atoms with Crippen molar-refractivity contribution in [2.24, 2.45) is 11.3 Å². The second-order valence-corrected chi connectivity index (χ2v) is 5.93. The average molecular weight is 208 g/mol. The Morgan fingerprint density at radius 2 is 1.53 bits per heavy atom. The summed E-state index contributed by atoms with van der Waals surface area (Å²) in [5.41, 5.74) is -1.04. The Balaban J connectivity index is 2.63. The first-order valence-electron chi connectivity index (χ1n) is 6.08. The Kier molecular flexibility index (Phi) is 3.84. The molecule has 0 radical (unpaired) electrons. The van der Waals surface area contributed by atoms with Gasteiger partial charge in [0.05, 0.1) is 0 Å². The van der Waals surface area contributed by atoms with Crippen LogP contribution in [0.4, 0.5) is 0 Å². The van der Waals surface area contributed by atoms with Gasteiger partial charge in [-0.3, -0.25) is 0 Å². The first kappa shape index (κ1) is 12.6. The number of aliphatic hydroxyl groups is 1. The van der Waals surface area contributed by atoms with Gasteiger partial charge in [-0.05, 0) is 19.8 Å². The highest BCUT2D eigenvalue weighted by molar-refractivity contribution is 5.18. The van der Waals surface area contributed by atoms with Crippen molar-refractivity contribution in [2.75, 3.05) is 0 Å². The molecule has 1 nitrogen and oxygen atoms in total. The van der Waals surface area contributed by atoms with Gasteiger partial charge in [0.15, 0.2) is 0 Å². The Labute approximate surface area is 94.3 Å². The van der Waals surface area contributed by atoms with Crippen LogP contribution in [-0.4, -0.2) is 10.7 Å². The Morgan fingerprint density at radius 1 is 1.00 bits per heavy atom. The van der Waals surface area contributed by atoms with Gasteiger partial charge in [-0.2, -0.15) is 0 Å². The maximum atomic E-state index is 10.2. The van der Waals surface area contributed by atoms with Crippen LogP contribution in [0.5, 0.6) is 0 Å². The topological polar surface area (TPSA) is 20.2 Å². The van der Waals surface area contributed by atoms with Crippen molar-refractivity contribution in [3.63, 3.8) is 0 Å². The van der Waals surface area contributed by atoms with Crippen LogP contribution in [-0.2, 0) is 0 Å². The van der Waals surface area contributed by atoms with E-state index in [0.29, 0.717) is 5.92 Å². The minimum Gasteiger partial charge on any atom is -0.377 e. The highest BCUT2D eigenvalue weighted by Crippen LogP contribution is 2.30. The molecule has 0 heterocycles. The second-order valence-electron chi connectivity index (χ2n) is 5.93. The first-order chi connectivity index (χ1) is 6.83. The lowest BCUT2D eigenvalue weighted by Gasteiger charge is -2.32. The van der Waals surface area contributed by atoms with E-state index in [0.717, 1.165) is 0 Å². The summed E-state index contributed by atoms with van der Waals surface area (Å²) in [5, 5.41) is 10.2. The maximum absolute atomic E-state index is 10.2. The summed E-state index contributed by atoms with van der Waals surface area (Å²) in [5.74, 6) is 6.86. The van der Waals surface area contributed by atoms with E-state index in [-0.39, 0.29) is 5.41 Å². The minimum absolute atomic E-state index is 0.172. The van der Waals surface area contributed by atoms with Gasteiger partial charge in [0.1, 0.15) is 5.60 Å². The second kappa shape index (κ2) is 4.58. The van der Waals surface area contributed by atoms with Gasteiger partial charge >= 0.3 is 0 Å². The third-order valence-corrected chi connectivity index (χ3v) is 3.59. The van der Waals surface area contributed by atoms with E-state index in [1.807, 2.05) is 27.7 Å². The van der Waals surface area contributed by atoms with E-state index >= 15 is 0 Å². The molecule has 0 spiro atoms. The molecule has 1 heteroatoms. The molecule has 0 amide bonds. The predicted octanol–water partition coefficient (Wildman–Crippen LogP) is 3.37. The standard InChI is InChI=1S/C14H24O/c1-13(2,3)14(4,15)11-10-12-8-6-5-7-9-12/h12,15H,5-9H2,1-4H3. The summed E-state index contributed by atoms with van der Waals surface area (Å²) in [7, 11) is 0. The monoisotopic (exact) mass is 208 g/mol. The molecule has 1 N–H and O–H groups in total. The predicted molar refractivity (Wildman–Crippen MR) is 64.4 cm³/mol. The minimum atomic E-state index is -0.871. The van der Waals surface area contributed by atoms with Crippen LogP contribution in [0.15, 0.2) is 0 Å². The smallest absolute Gasteiger partial charge is 0.127 e. The maximum Gasteiger partial charge on any atom is 0.127 e. The van der Waals surface area contributed by atoms with Crippen molar-refractivity contribution in [1.82, 2.24) is 0 Å². The zero-order valence-corrected chi connectivity index (χ0v) is 10.6. The molecule has 86 valence electrons. The van der Waals surface area contributed by atoms with Crippen LogP contribution in [0.2, 0.25) is 0 Å². The van der Waals surface area contributed by atoms with Gasteiger partial charge in [0, 0.05) is 11.3 Å². The van der Waals surface area contributed by atoms with Crippen LogP contribution in [0.1, 0.15) is 59.8 Å². The summed E-state index contributed by atoms with van der Waals surface area (Å²) in [6, 6.07) is 0. The van der Waals surface area contributed by atoms with Crippen molar-refractivity contribution in [3.8, 4) is 11.8 Å². The molecule has 15 heavy (non-hydrogen) atoms. The van der Waals surface area contributed by atoms with Crippen LogP contribution >= 0.6 is 0 Å².